The highest BCUT2D eigenvalue weighted by atomic mass is 79.9. The summed E-state index contributed by atoms with van der Waals surface area (Å²) in [4.78, 5) is 53.6. The molecule has 0 bridgehead atoms. The van der Waals surface area contributed by atoms with Crippen molar-refractivity contribution in [3.05, 3.63) is 52.9 Å². The highest BCUT2D eigenvalue weighted by molar-refractivity contribution is 9.10. The number of nitrogens with one attached hydrogen (secondary N) is 2. The molecule has 1 aromatic carbocycles. The third kappa shape index (κ3) is 3.97. The summed E-state index contributed by atoms with van der Waals surface area (Å²) < 4.78 is 2.39. The van der Waals surface area contributed by atoms with Gasteiger partial charge in [0.1, 0.15) is 40.8 Å². The van der Waals surface area contributed by atoms with Crippen LogP contribution in [0.5, 0.6) is 0 Å². The molecule has 37 heavy (non-hydrogen) atoms. The fraction of sp³-hybridized carbons (Fsp3) is 0.280. The molecule has 1 saturated heterocycles. The van der Waals surface area contributed by atoms with Gasteiger partial charge in [-0.05, 0) is 65.0 Å². The van der Waals surface area contributed by atoms with Crippen molar-refractivity contribution >= 4 is 67.2 Å². The van der Waals surface area contributed by atoms with Crippen molar-refractivity contribution in [1.82, 2.24) is 29.7 Å². The summed E-state index contributed by atoms with van der Waals surface area (Å²) in [6.07, 6.45) is 2.86. The number of nitrogens with two attached hydrogens (primary N) is 1. The van der Waals surface area contributed by atoms with Crippen LogP contribution in [-0.2, 0) is 16.1 Å². The van der Waals surface area contributed by atoms with E-state index in [4.69, 9.17) is 5.73 Å². The summed E-state index contributed by atoms with van der Waals surface area (Å²) in [5.41, 5.74) is 7.86. The summed E-state index contributed by atoms with van der Waals surface area (Å²) >= 11 is 3.31. The molecule has 0 radical (unpaired) electrons. The van der Waals surface area contributed by atoms with E-state index < -0.39 is 6.04 Å². The fourth-order valence-corrected chi connectivity index (χ4v) is 5.68. The average molecular weight is 563 g/mol. The molecule has 0 spiro atoms. The van der Waals surface area contributed by atoms with Gasteiger partial charge in [0, 0.05) is 24.0 Å². The number of halogens is 1. The lowest BCUT2D eigenvalue weighted by Gasteiger charge is -2.27. The van der Waals surface area contributed by atoms with E-state index in [0.717, 1.165) is 6.42 Å². The SMILES string of the molecule is CNC(=O)c1ccc2c(c1)c1c(N)ncnc1n2CC(=O)N1[C@@H]2CC2C[C@H]1C(=O)Nc1cccc(Br)n1. The molecule has 2 aliphatic rings. The third-order valence-corrected chi connectivity index (χ3v) is 7.55. The Hall–Kier alpha value is -4.06. The van der Waals surface area contributed by atoms with Crippen molar-refractivity contribution in [2.75, 3.05) is 18.1 Å². The van der Waals surface area contributed by atoms with Gasteiger partial charge in [-0.3, -0.25) is 14.4 Å². The maximum atomic E-state index is 13.7. The lowest BCUT2D eigenvalue weighted by atomic mass is 10.1. The number of hydrogen-bond acceptors (Lipinski definition) is 7. The molecule has 12 heteroatoms. The van der Waals surface area contributed by atoms with E-state index in [0.29, 0.717) is 50.3 Å². The largest absolute Gasteiger partial charge is 0.383 e. The van der Waals surface area contributed by atoms with E-state index in [9.17, 15) is 14.4 Å². The molecule has 1 saturated carbocycles. The van der Waals surface area contributed by atoms with Crippen LogP contribution >= 0.6 is 15.9 Å². The molecule has 188 valence electrons. The maximum absolute atomic E-state index is 13.7. The molecule has 2 fully saturated rings. The highest BCUT2D eigenvalue weighted by Crippen LogP contribution is 2.48. The Kier molecular flexibility index (Phi) is 5.55. The van der Waals surface area contributed by atoms with Crippen LogP contribution in [-0.4, -0.2) is 61.3 Å². The molecule has 4 heterocycles. The number of carbonyl (C=O) groups is 3. The smallest absolute Gasteiger partial charge is 0.251 e. The number of hydrogen-bond donors (Lipinski definition) is 3. The number of anilines is 2. The number of piperidine rings is 1. The van der Waals surface area contributed by atoms with Crippen LogP contribution in [0.15, 0.2) is 47.3 Å². The predicted octanol–water partition coefficient (Wildman–Crippen LogP) is 2.31. The first-order chi connectivity index (χ1) is 17.9. The van der Waals surface area contributed by atoms with E-state index in [1.165, 1.54) is 6.33 Å². The first-order valence-electron chi connectivity index (χ1n) is 11.8. The van der Waals surface area contributed by atoms with Crippen molar-refractivity contribution in [2.24, 2.45) is 5.92 Å². The zero-order valence-corrected chi connectivity index (χ0v) is 21.4. The number of fused-ring (bicyclic) bond motifs is 4. The topological polar surface area (TPSA) is 148 Å². The van der Waals surface area contributed by atoms with E-state index >= 15 is 0 Å². The number of aromatic nitrogens is 4. The normalized spacial score (nSPS) is 20.2. The third-order valence-electron chi connectivity index (χ3n) is 7.11. The Morgan fingerprint density at radius 1 is 1.16 bits per heavy atom. The molecule has 3 amide bonds. The minimum atomic E-state index is -0.579. The number of nitrogen functional groups attached to an aromatic ring is 1. The minimum Gasteiger partial charge on any atom is -0.383 e. The van der Waals surface area contributed by atoms with Gasteiger partial charge in [-0.1, -0.05) is 6.07 Å². The van der Waals surface area contributed by atoms with Crippen molar-refractivity contribution in [3.8, 4) is 0 Å². The van der Waals surface area contributed by atoms with E-state index in [1.54, 1.807) is 52.9 Å². The monoisotopic (exact) mass is 562 g/mol. The Morgan fingerprint density at radius 3 is 2.78 bits per heavy atom. The lowest BCUT2D eigenvalue weighted by Crippen LogP contribution is -2.46. The van der Waals surface area contributed by atoms with E-state index in [2.05, 4.69) is 41.5 Å². The first kappa shape index (κ1) is 23.3. The number of carbonyl (C=O) groups excluding carboxylic acids is 3. The van der Waals surface area contributed by atoms with Crippen LogP contribution < -0.4 is 16.4 Å². The number of benzene rings is 1. The van der Waals surface area contributed by atoms with Crippen LogP contribution in [0.2, 0.25) is 0 Å². The summed E-state index contributed by atoms with van der Waals surface area (Å²) in [5, 5.41) is 6.72. The van der Waals surface area contributed by atoms with Crippen LogP contribution in [0, 0.1) is 5.92 Å². The summed E-state index contributed by atoms with van der Waals surface area (Å²) in [6, 6.07) is 9.93. The van der Waals surface area contributed by atoms with E-state index in [-0.39, 0.29) is 36.1 Å². The number of amides is 3. The number of nitrogens with zero attached hydrogens (tertiary/aromatic N) is 5. The zero-order valence-electron chi connectivity index (χ0n) is 19.8. The minimum absolute atomic E-state index is 0.0299. The number of rotatable bonds is 5. The molecule has 4 N–H and O–H groups in total. The second-order valence-electron chi connectivity index (χ2n) is 9.31. The zero-order chi connectivity index (χ0) is 25.8. The van der Waals surface area contributed by atoms with E-state index in [1.807, 2.05) is 0 Å². The van der Waals surface area contributed by atoms with Gasteiger partial charge in [0.2, 0.25) is 11.8 Å². The number of likely N-dealkylation sites (tertiary alicyclic amines) is 1. The molecule has 6 rings (SSSR count). The molecule has 4 aromatic rings. The van der Waals surface area contributed by atoms with Gasteiger partial charge >= 0.3 is 0 Å². The lowest BCUT2D eigenvalue weighted by molar-refractivity contribution is -0.138. The van der Waals surface area contributed by atoms with Gasteiger partial charge in [-0.2, -0.15) is 0 Å². The van der Waals surface area contributed by atoms with Crippen LogP contribution in [0.4, 0.5) is 11.6 Å². The van der Waals surface area contributed by atoms with Gasteiger partial charge in [-0.25, -0.2) is 15.0 Å². The Morgan fingerprint density at radius 2 is 2.00 bits per heavy atom. The quantitative estimate of drug-likeness (QED) is 0.316. The van der Waals surface area contributed by atoms with Gasteiger partial charge in [0.15, 0.2) is 0 Å². The molecule has 3 aromatic heterocycles. The van der Waals surface area contributed by atoms with Crippen molar-refractivity contribution in [2.45, 2.75) is 31.5 Å². The Labute approximate surface area is 219 Å². The standard InChI is InChI=1S/C25H23BrN8O3/c1-28-24(36)12-5-6-15-14(7-12)21-22(27)29-11-30-23(21)33(15)10-20(35)34-16-8-13(16)9-17(34)25(37)32-19-4-2-3-18(26)31-19/h2-7,11,13,16-17H,8-10H2,1H3,(H,28,36)(H2,27,29,30)(H,31,32,37)/t13?,16-,17+/m1/s1. The van der Waals surface area contributed by atoms with Crippen LogP contribution in [0.25, 0.3) is 21.9 Å². The predicted molar refractivity (Wildman–Crippen MR) is 141 cm³/mol. The molecule has 1 aliphatic carbocycles. The van der Waals surface area contributed by atoms with Crippen LogP contribution in [0.3, 0.4) is 0 Å². The van der Waals surface area contributed by atoms with Gasteiger partial charge < -0.3 is 25.8 Å². The summed E-state index contributed by atoms with van der Waals surface area (Å²) in [6.45, 7) is -0.0299. The fourth-order valence-electron chi connectivity index (χ4n) is 5.34. The molecule has 1 aliphatic heterocycles. The second kappa shape index (κ2) is 8.80. The van der Waals surface area contributed by atoms with Gasteiger partial charge in [0.25, 0.3) is 5.91 Å². The van der Waals surface area contributed by atoms with Crippen molar-refractivity contribution in [3.63, 3.8) is 0 Å². The highest BCUT2D eigenvalue weighted by Gasteiger charge is 2.56. The van der Waals surface area contributed by atoms with Crippen molar-refractivity contribution < 1.29 is 14.4 Å². The molecular weight excluding hydrogens is 540 g/mol. The average Bonchev–Trinajstić information content (AvgIpc) is 3.43. The van der Waals surface area contributed by atoms with Gasteiger partial charge in [0.05, 0.1) is 10.9 Å². The maximum Gasteiger partial charge on any atom is 0.251 e. The Balaban J connectivity index is 1.34. The van der Waals surface area contributed by atoms with Gasteiger partial charge in [-0.15, -0.1) is 0 Å². The van der Waals surface area contributed by atoms with Crippen molar-refractivity contribution in [1.29, 1.82) is 0 Å². The summed E-state index contributed by atoms with van der Waals surface area (Å²) in [5.74, 6) is 0.335. The molecular formula is C25H23BrN8O3. The summed E-state index contributed by atoms with van der Waals surface area (Å²) in [7, 11) is 1.56. The second-order valence-corrected chi connectivity index (χ2v) is 10.1. The molecule has 3 atom stereocenters. The Bertz CT molecular complexity index is 1600. The molecule has 1 unspecified atom stereocenters. The van der Waals surface area contributed by atoms with Crippen LogP contribution in [0.1, 0.15) is 23.2 Å². The molecule has 11 nitrogen and oxygen atoms in total. The number of pyridine rings is 1. The first-order valence-corrected chi connectivity index (χ1v) is 12.6.